The lowest BCUT2D eigenvalue weighted by molar-refractivity contribution is -0.0837. The van der Waals surface area contributed by atoms with Gasteiger partial charge in [0.25, 0.3) is 0 Å². The molecule has 2 heterocycles. The highest BCUT2D eigenvalue weighted by molar-refractivity contribution is 5.09. The quantitative estimate of drug-likeness (QED) is 0.890. The van der Waals surface area contributed by atoms with Gasteiger partial charge >= 0.3 is 0 Å². The molecule has 1 aliphatic heterocycles. The van der Waals surface area contributed by atoms with Crippen molar-refractivity contribution in [2.45, 2.75) is 56.7 Å². The third-order valence-corrected chi connectivity index (χ3v) is 4.35. The Morgan fingerprint density at radius 3 is 2.83 bits per heavy atom. The van der Waals surface area contributed by atoms with Crippen molar-refractivity contribution in [2.75, 3.05) is 6.61 Å². The van der Waals surface area contributed by atoms with Crippen molar-refractivity contribution in [1.82, 2.24) is 10.3 Å². The third kappa shape index (κ3) is 2.73. The first kappa shape index (κ1) is 12.1. The van der Waals surface area contributed by atoms with Crippen LogP contribution in [0.25, 0.3) is 0 Å². The van der Waals surface area contributed by atoms with Crippen molar-refractivity contribution in [3.05, 3.63) is 30.1 Å². The summed E-state index contributed by atoms with van der Waals surface area (Å²) in [5, 5.41) is 3.68. The Bertz CT molecular complexity index is 373. The molecule has 18 heavy (non-hydrogen) atoms. The molecule has 1 aromatic rings. The lowest BCUT2D eigenvalue weighted by atomic mass is 9.89. The van der Waals surface area contributed by atoms with Crippen LogP contribution in [0.5, 0.6) is 0 Å². The monoisotopic (exact) mass is 246 g/mol. The molecule has 1 N–H and O–H groups in total. The van der Waals surface area contributed by atoms with E-state index in [9.17, 15) is 0 Å². The van der Waals surface area contributed by atoms with E-state index in [1.165, 1.54) is 37.7 Å². The van der Waals surface area contributed by atoms with E-state index in [4.69, 9.17) is 4.74 Å². The molecule has 3 heteroatoms. The molecule has 0 aromatic carbocycles. The highest BCUT2D eigenvalue weighted by atomic mass is 16.5. The minimum atomic E-state index is 0.216. The fraction of sp³-hybridized carbons (Fsp3) is 0.667. The number of hydrogen-bond acceptors (Lipinski definition) is 3. The summed E-state index contributed by atoms with van der Waals surface area (Å²) < 4.78 is 6.06. The molecule has 2 aliphatic rings. The van der Waals surface area contributed by atoms with E-state index in [-0.39, 0.29) is 5.60 Å². The molecule has 0 bridgehead atoms. The molecule has 1 unspecified atom stereocenters. The van der Waals surface area contributed by atoms with E-state index in [1.807, 2.05) is 12.4 Å². The second-order valence-electron chi connectivity index (χ2n) is 5.66. The van der Waals surface area contributed by atoms with Crippen molar-refractivity contribution in [3.8, 4) is 0 Å². The zero-order valence-corrected chi connectivity index (χ0v) is 10.9. The maximum absolute atomic E-state index is 6.06. The lowest BCUT2D eigenvalue weighted by Gasteiger charge is -2.38. The molecule has 2 fully saturated rings. The minimum Gasteiger partial charge on any atom is -0.375 e. The van der Waals surface area contributed by atoms with Gasteiger partial charge in [-0.15, -0.1) is 0 Å². The van der Waals surface area contributed by atoms with E-state index >= 15 is 0 Å². The van der Waals surface area contributed by atoms with Gasteiger partial charge < -0.3 is 10.1 Å². The predicted octanol–water partition coefficient (Wildman–Crippen LogP) is 2.66. The van der Waals surface area contributed by atoms with Gasteiger partial charge in [-0.3, -0.25) is 4.98 Å². The summed E-state index contributed by atoms with van der Waals surface area (Å²) in [5.41, 5.74) is 1.53. The van der Waals surface area contributed by atoms with Crippen molar-refractivity contribution in [3.63, 3.8) is 0 Å². The molecule has 0 radical (unpaired) electrons. The Balaban J connectivity index is 1.54. The van der Waals surface area contributed by atoms with Gasteiger partial charge in [-0.05, 0) is 43.4 Å². The number of hydrogen-bond donors (Lipinski definition) is 1. The van der Waals surface area contributed by atoms with Crippen LogP contribution in [0, 0.1) is 0 Å². The molecule has 1 aromatic heterocycles. The fourth-order valence-corrected chi connectivity index (χ4v) is 3.33. The van der Waals surface area contributed by atoms with Gasteiger partial charge in [-0.1, -0.05) is 12.8 Å². The first-order valence-corrected chi connectivity index (χ1v) is 7.13. The SMILES string of the molecule is c1cc(CNC2CCOC3(CCCC3)C2)ccn1. The summed E-state index contributed by atoms with van der Waals surface area (Å²) in [4.78, 5) is 4.05. The Hall–Kier alpha value is -0.930. The molecular weight excluding hydrogens is 224 g/mol. The molecule has 1 spiro atoms. The number of nitrogens with zero attached hydrogens (tertiary/aromatic N) is 1. The van der Waals surface area contributed by atoms with E-state index in [2.05, 4.69) is 22.4 Å². The van der Waals surface area contributed by atoms with Crippen LogP contribution in [0.3, 0.4) is 0 Å². The van der Waals surface area contributed by atoms with Crippen LogP contribution in [0.4, 0.5) is 0 Å². The normalized spacial score (nSPS) is 26.6. The topological polar surface area (TPSA) is 34.1 Å². The average molecular weight is 246 g/mol. The van der Waals surface area contributed by atoms with E-state index in [0.29, 0.717) is 6.04 Å². The average Bonchev–Trinajstić information content (AvgIpc) is 2.86. The minimum absolute atomic E-state index is 0.216. The second-order valence-corrected chi connectivity index (χ2v) is 5.66. The highest BCUT2D eigenvalue weighted by Crippen LogP contribution is 2.39. The Labute approximate surface area is 109 Å². The van der Waals surface area contributed by atoms with E-state index < -0.39 is 0 Å². The molecular formula is C15H22N2O. The Morgan fingerprint density at radius 2 is 2.06 bits per heavy atom. The smallest absolute Gasteiger partial charge is 0.0697 e. The molecule has 3 nitrogen and oxygen atoms in total. The van der Waals surface area contributed by atoms with Crippen LogP contribution in [0.15, 0.2) is 24.5 Å². The van der Waals surface area contributed by atoms with Gasteiger partial charge in [0.05, 0.1) is 5.60 Å². The van der Waals surface area contributed by atoms with Gasteiger partial charge in [-0.25, -0.2) is 0 Å². The van der Waals surface area contributed by atoms with Gasteiger partial charge in [-0.2, -0.15) is 0 Å². The van der Waals surface area contributed by atoms with Crippen LogP contribution >= 0.6 is 0 Å². The van der Waals surface area contributed by atoms with Crippen molar-refractivity contribution in [1.29, 1.82) is 0 Å². The molecule has 1 atom stereocenters. The fourth-order valence-electron chi connectivity index (χ4n) is 3.33. The Morgan fingerprint density at radius 1 is 1.28 bits per heavy atom. The Kier molecular flexibility index (Phi) is 3.62. The zero-order valence-electron chi connectivity index (χ0n) is 10.9. The predicted molar refractivity (Wildman–Crippen MR) is 71.2 cm³/mol. The van der Waals surface area contributed by atoms with Gasteiger partial charge in [0.15, 0.2) is 0 Å². The number of nitrogens with one attached hydrogen (secondary N) is 1. The first-order valence-electron chi connectivity index (χ1n) is 7.13. The van der Waals surface area contributed by atoms with E-state index in [1.54, 1.807) is 0 Å². The lowest BCUT2D eigenvalue weighted by Crippen LogP contribution is -2.45. The highest BCUT2D eigenvalue weighted by Gasteiger charge is 2.39. The maximum Gasteiger partial charge on any atom is 0.0697 e. The number of aromatic nitrogens is 1. The van der Waals surface area contributed by atoms with E-state index in [0.717, 1.165) is 19.6 Å². The molecule has 1 aliphatic carbocycles. The summed E-state index contributed by atoms with van der Waals surface area (Å²) in [7, 11) is 0. The molecule has 0 amide bonds. The second kappa shape index (κ2) is 5.37. The summed E-state index contributed by atoms with van der Waals surface area (Å²) in [5.74, 6) is 0. The number of pyridine rings is 1. The number of ether oxygens (including phenoxy) is 1. The molecule has 1 saturated carbocycles. The molecule has 1 saturated heterocycles. The van der Waals surface area contributed by atoms with Gasteiger partial charge in [0.1, 0.15) is 0 Å². The largest absolute Gasteiger partial charge is 0.375 e. The summed E-state index contributed by atoms with van der Waals surface area (Å²) in [6.07, 6.45) is 11.3. The first-order chi connectivity index (χ1) is 8.86. The van der Waals surface area contributed by atoms with Crippen LogP contribution in [-0.4, -0.2) is 23.2 Å². The summed E-state index contributed by atoms with van der Waals surface area (Å²) >= 11 is 0. The standard InChI is InChI=1S/C15H22N2O/c1-2-7-15(6-1)11-14(5-10-18-15)17-12-13-3-8-16-9-4-13/h3-4,8-9,14,17H,1-2,5-7,10-12H2. The summed E-state index contributed by atoms with van der Waals surface area (Å²) in [6, 6.07) is 4.78. The summed E-state index contributed by atoms with van der Waals surface area (Å²) in [6.45, 7) is 1.87. The van der Waals surface area contributed by atoms with Crippen LogP contribution in [-0.2, 0) is 11.3 Å². The van der Waals surface area contributed by atoms with Crippen molar-refractivity contribution < 1.29 is 4.74 Å². The van der Waals surface area contributed by atoms with Gasteiger partial charge in [0, 0.05) is 31.6 Å². The van der Waals surface area contributed by atoms with Crippen molar-refractivity contribution in [2.24, 2.45) is 0 Å². The number of rotatable bonds is 3. The van der Waals surface area contributed by atoms with Gasteiger partial charge in [0.2, 0.25) is 0 Å². The van der Waals surface area contributed by atoms with Crippen LogP contribution < -0.4 is 5.32 Å². The van der Waals surface area contributed by atoms with Crippen LogP contribution in [0.1, 0.15) is 44.1 Å². The van der Waals surface area contributed by atoms with Crippen LogP contribution in [0.2, 0.25) is 0 Å². The molecule has 98 valence electrons. The van der Waals surface area contributed by atoms with Crippen molar-refractivity contribution >= 4 is 0 Å². The maximum atomic E-state index is 6.06. The molecule has 3 rings (SSSR count). The third-order valence-electron chi connectivity index (χ3n) is 4.35. The zero-order chi connectivity index (χ0) is 12.3.